The lowest BCUT2D eigenvalue weighted by Gasteiger charge is -2.11. The summed E-state index contributed by atoms with van der Waals surface area (Å²) in [5.41, 5.74) is 1.26. The molecule has 1 amide bonds. The minimum absolute atomic E-state index is 0.0256. The van der Waals surface area contributed by atoms with Gasteiger partial charge in [-0.1, -0.05) is 18.2 Å². The van der Waals surface area contributed by atoms with Gasteiger partial charge in [0.2, 0.25) is 0 Å². The highest BCUT2D eigenvalue weighted by Gasteiger charge is 2.38. The van der Waals surface area contributed by atoms with Gasteiger partial charge in [0.1, 0.15) is 5.75 Å². The molecular formula is C20H23NO6S2. The third-order valence-corrected chi connectivity index (χ3v) is 9.08. The summed E-state index contributed by atoms with van der Waals surface area (Å²) in [5.74, 6) is -0.115. The van der Waals surface area contributed by atoms with E-state index in [2.05, 4.69) is 5.32 Å². The third-order valence-electron chi connectivity index (χ3n) is 4.91. The fourth-order valence-corrected chi connectivity index (χ4v) is 7.63. The zero-order valence-electron chi connectivity index (χ0n) is 16.0. The number of sulfone groups is 2. The van der Waals surface area contributed by atoms with E-state index in [0.29, 0.717) is 13.0 Å². The number of nitrogens with one attached hydrogen (secondary N) is 1. The van der Waals surface area contributed by atoms with Gasteiger partial charge < -0.3 is 10.1 Å². The molecule has 2 aromatic rings. The fourth-order valence-electron chi connectivity index (χ4n) is 3.23. The van der Waals surface area contributed by atoms with Gasteiger partial charge >= 0.3 is 0 Å². The summed E-state index contributed by atoms with van der Waals surface area (Å²) in [6, 6.07) is 13.2. The van der Waals surface area contributed by atoms with E-state index < -0.39 is 24.9 Å². The van der Waals surface area contributed by atoms with E-state index in [1.165, 1.54) is 24.3 Å². The third kappa shape index (κ3) is 5.16. The standard InChI is InChI=1S/C20H23NO6S2/c1-27-17-7-5-15(6-8-17)9-11-21-20(22)16-3-2-4-18(13-16)29(25,26)19-10-12-28(23,24)14-19/h2-8,13,19H,9-12,14H2,1H3,(H,21,22). The van der Waals surface area contributed by atoms with Crippen LogP contribution in [0.1, 0.15) is 22.3 Å². The number of methoxy groups -OCH3 is 1. The van der Waals surface area contributed by atoms with Crippen LogP contribution in [0.5, 0.6) is 5.75 Å². The Morgan fingerprint density at radius 1 is 1.17 bits per heavy atom. The summed E-state index contributed by atoms with van der Waals surface area (Å²) < 4.78 is 53.8. The second-order valence-electron chi connectivity index (χ2n) is 6.95. The number of hydrogen-bond acceptors (Lipinski definition) is 6. The lowest BCUT2D eigenvalue weighted by Crippen LogP contribution is -2.26. The summed E-state index contributed by atoms with van der Waals surface area (Å²) in [4.78, 5) is 12.4. The molecule has 2 aromatic carbocycles. The van der Waals surface area contributed by atoms with E-state index >= 15 is 0 Å². The predicted molar refractivity (Wildman–Crippen MR) is 110 cm³/mol. The number of ether oxygens (including phenoxy) is 1. The topological polar surface area (TPSA) is 107 Å². The lowest BCUT2D eigenvalue weighted by molar-refractivity contribution is 0.0954. The molecule has 0 bridgehead atoms. The fraction of sp³-hybridized carbons (Fsp3) is 0.350. The monoisotopic (exact) mass is 437 g/mol. The average molecular weight is 438 g/mol. The smallest absolute Gasteiger partial charge is 0.251 e. The van der Waals surface area contributed by atoms with Gasteiger partial charge in [-0.05, 0) is 48.7 Å². The van der Waals surface area contributed by atoms with Crippen LogP contribution in [0.25, 0.3) is 0 Å². The lowest BCUT2D eigenvalue weighted by atomic mass is 10.1. The summed E-state index contributed by atoms with van der Waals surface area (Å²) in [5, 5.41) is 1.82. The van der Waals surface area contributed by atoms with E-state index in [0.717, 1.165) is 11.3 Å². The maximum atomic E-state index is 12.7. The first kappa shape index (κ1) is 21.3. The van der Waals surface area contributed by atoms with Crippen molar-refractivity contribution in [1.82, 2.24) is 5.32 Å². The number of carbonyl (C=O) groups is 1. The van der Waals surface area contributed by atoms with Gasteiger partial charge in [-0.2, -0.15) is 0 Å². The van der Waals surface area contributed by atoms with Gasteiger partial charge in [0.05, 0.1) is 28.8 Å². The van der Waals surface area contributed by atoms with Crippen LogP contribution in [0, 0.1) is 0 Å². The molecule has 0 aromatic heterocycles. The van der Waals surface area contributed by atoms with Crippen molar-refractivity contribution in [2.45, 2.75) is 23.0 Å². The van der Waals surface area contributed by atoms with Crippen LogP contribution in [0.15, 0.2) is 53.4 Å². The van der Waals surface area contributed by atoms with E-state index in [9.17, 15) is 21.6 Å². The first-order valence-electron chi connectivity index (χ1n) is 9.17. The molecule has 0 saturated carbocycles. The van der Waals surface area contributed by atoms with Crippen LogP contribution in [0.3, 0.4) is 0 Å². The molecule has 9 heteroatoms. The van der Waals surface area contributed by atoms with E-state index in [4.69, 9.17) is 4.74 Å². The molecule has 0 radical (unpaired) electrons. The SMILES string of the molecule is COc1ccc(CCNC(=O)c2cccc(S(=O)(=O)C3CCS(=O)(=O)C3)c2)cc1. The van der Waals surface area contributed by atoms with Crippen molar-refractivity contribution >= 4 is 25.6 Å². The summed E-state index contributed by atoms with van der Waals surface area (Å²) >= 11 is 0. The van der Waals surface area contributed by atoms with E-state index in [-0.39, 0.29) is 34.3 Å². The van der Waals surface area contributed by atoms with Gasteiger partial charge in [-0.3, -0.25) is 4.79 Å². The summed E-state index contributed by atoms with van der Waals surface area (Å²) in [7, 11) is -5.54. The van der Waals surface area contributed by atoms with Crippen molar-refractivity contribution in [2.24, 2.45) is 0 Å². The van der Waals surface area contributed by atoms with Gasteiger partial charge in [0, 0.05) is 12.1 Å². The number of rotatable bonds is 7. The van der Waals surface area contributed by atoms with Crippen LogP contribution >= 0.6 is 0 Å². The second-order valence-corrected chi connectivity index (χ2v) is 11.4. The molecule has 1 aliphatic rings. The predicted octanol–water partition coefficient (Wildman–Crippen LogP) is 1.63. The number of carbonyl (C=O) groups excluding carboxylic acids is 1. The molecule has 1 aliphatic heterocycles. The first-order chi connectivity index (χ1) is 13.7. The minimum Gasteiger partial charge on any atom is -0.497 e. The highest BCUT2D eigenvalue weighted by Crippen LogP contribution is 2.26. The number of hydrogen-bond donors (Lipinski definition) is 1. The van der Waals surface area contributed by atoms with Crippen molar-refractivity contribution in [3.05, 3.63) is 59.7 Å². The molecule has 1 fully saturated rings. The Morgan fingerprint density at radius 2 is 1.90 bits per heavy atom. The van der Waals surface area contributed by atoms with Crippen molar-refractivity contribution in [3.63, 3.8) is 0 Å². The van der Waals surface area contributed by atoms with E-state index in [1.54, 1.807) is 7.11 Å². The van der Waals surface area contributed by atoms with Crippen LogP contribution in [-0.4, -0.2) is 53.2 Å². The number of amides is 1. The van der Waals surface area contributed by atoms with Crippen LogP contribution < -0.4 is 10.1 Å². The average Bonchev–Trinajstić information content (AvgIpc) is 3.09. The molecule has 1 atom stereocenters. The maximum absolute atomic E-state index is 12.7. The van der Waals surface area contributed by atoms with Gasteiger partial charge in [-0.25, -0.2) is 16.8 Å². The Morgan fingerprint density at radius 3 is 2.52 bits per heavy atom. The van der Waals surface area contributed by atoms with Crippen molar-refractivity contribution in [2.75, 3.05) is 25.2 Å². The zero-order chi connectivity index (χ0) is 21.1. The molecule has 0 spiro atoms. The molecule has 1 heterocycles. The summed E-state index contributed by atoms with van der Waals surface area (Å²) in [6.07, 6.45) is 0.705. The Kier molecular flexibility index (Phi) is 6.28. The highest BCUT2D eigenvalue weighted by atomic mass is 32.2. The van der Waals surface area contributed by atoms with Crippen molar-refractivity contribution in [3.8, 4) is 5.75 Å². The van der Waals surface area contributed by atoms with Crippen molar-refractivity contribution in [1.29, 1.82) is 0 Å². The highest BCUT2D eigenvalue weighted by molar-refractivity contribution is 7.96. The summed E-state index contributed by atoms with van der Waals surface area (Å²) in [6.45, 7) is 0.392. The minimum atomic E-state index is -3.81. The van der Waals surface area contributed by atoms with Gasteiger partial charge in [0.25, 0.3) is 5.91 Å². The molecule has 1 unspecified atom stereocenters. The Balaban J connectivity index is 1.64. The Labute approximate surface area is 170 Å². The molecule has 0 aliphatic carbocycles. The molecule has 156 valence electrons. The first-order valence-corrected chi connectivity index (χ1v) is 12.5. The maximum Gasteiger partial charge on any atom is 0.251 e. The molecule has 1 saturated heterocycles. The molecule has 29 heavy (non-hydrogen) atoms. The largest absolute Gasteiger partial charge is 0.497 e. The van der Waals surface area contributed by atoms with Crippen LogP contribution in [0.2, 0.25) is 0 Å². The van der Waals surface area contributed by atoms with E-state index in [1.807, 2.05) is 24.3 Å². The molecule has 7 nitrogen and oxygen atoms in total. The van der Waals surface area contributed by atoms with Gasteiger partial charge in [0.15, 0.2) is 19.7 Å². The Bertz CT molecular complexity index is 1090. The van der Waals surface area contributed by atoms with Gasteiger partial charge in [-0.15, -0.1) is 0 Å². The Hall–Kier alpha value is -2.39. The molecule has 1 N–H and O–H groups in total. The quantitative estimate of drug-likeness (QED) is 0.706. The number of benzene rings is 2. The van der Waals surface area contributed by atoms with Crippen molar-refractivity contribution < 1.29 is 26.4 Å². The van der Waals surface area contributed by atoms with Crippen LogP contribution in [-0.2, 0) is 26.1 Å². The second kappa shape index (κ2) is 8.54. The molecule has 3 rings (SSSR count). The zero-order valence-corrected chi connectivity index (χ0v) is 17.6. The normalized spacial score (nSPS) is 18.3. The van der Waals surface area contributed by atoms with Crippen LogP contribution in [0.4, 0.5) is 0 Å². The molecular weight excluding hydrogens is 414 g/mol.